The molecule has 2 saturated heterocycles. The smallest absolute Gasteiger partial charge is 0.263 e. The topological polar surface area (TPSA) is 83.1 Å². The van der Waals surface area contributed by atoms with Gasteiger partial charge in [0.05, 0.1) is 23.4 Å². The van der Waals surface area contributed by atoms with Crippen LogP contribution in [0.2, 0.25) is 0 Å². The zero-order valence-electron chi connectivity index (χ0n) is 17.2. The second-order valence-corrected chi connectivity index (χ2v) is 8.07. The predicted molar refractivity (Wildman–Crippen MR) is 113 cm³/mol. The summed E-state index contributed by atoms with van der Waals surface area (Å²) in [6.45, 7) is 3.22. The van der Waals surface area contributed by atoms with Gasteiger partial charge in [-0.15, -0.1) is 0 Å². The monoisotopic (exact) mass is 420 g/mol. The summed E-state index contributed by atoms with van der Waals surface area (Å²) in [5.41, 5.74) is 2.45. The van der Waals surface area contributed by atoms with E-state index in [9.17, 15) is 14.4 Å². The number of pyridine rings is 1. The fourth-order valence-corrected chi connectivity index (χ4v) is 4.54. The van der Waals surface area contributed by atoms with E-state index in [1.54, 1.807) is 24.5 Å². The number of carbonyl (C=O) groups excluding carboxylic acids is 3. The Morgan fingerprint density at radius 3 is 2.61 bits per heavy atom. The SMILES string of the molecule is O=C([C@@H]1CCCO1)N1CCN(c2cccc3c2C(=O)N(Cc2cccnc2)C3=O)CC1. The molecule has 0 unspecified atom stereocenters. The van der Waals surface area contributed by atoms with Crippen LogP contribution in [-0.4, -0.2) is 71.4 Å². The highest BCUT2D eigenvalue weighted by Gasteiger charge is 2.39. The van der Waals surface area contributed by atoms with Crippen molar-refractivity contribution in [3.63, 3.8) is 0 Å². The van der Waals surface area contributed by atoms with E-state index in [-0.39, 0.29) is 30.4 Å². The maximum atomic E-state index is 13.2. The zero-order valence-corrected chi connectivity index (χ0v) is 17.2. The summed E-state index contributed by atoms with van der Waals surface area (Å²) in [4.78, 5) is 48.0. The maximum absolute atomic E-state index is 13.2. The molecule has 31 heavy (non-hydrogen) atoms. The van der Waals surface area contributed by atoms with Crippen LogP contribution in [0.25, 0.3) is 0 Å². The van der Waals surface area contributed by atoms with Gasteiger partial charge < -0.3 is 14.5 Å². The summed E-state index contributed by atoms with van der Waals surface area (Å²) in [6, 6.07) is 9.05. The van der Waals surface area contributed by atoms with Crippen molar-refractivity contribution in [2.75, 3.05) is 37.7 Å². The average molecular weight is 420 g/mol. The molecule has 0 N–H and O–H groups in total. The molecular formula is C23H24N4O4. The zero-order chi connectivity index (χ0) is 21.4. The van der Waals surface area contributed by atoms with Gasteiger partial charge in [0.25, 0.3) is 17.7 Å². The summed E-state index contributed by atoms with van der Waals surface area (Å²) in [5, 5.41) is 0. The van der Waals surface area contributed by atoms with Crippen molar-refractivity contribution >= 4 is 23.4 Å². The highest BCUT2D eigenvalue weighted by molar-refractivity contribution is 6.23. The number of rotatable bonds is 4. The first-order valence-corrected chi connectivity index (χ1v) is 10.7. The number of hydrogen-bond acceptors (Lipinski definition) is 6. The van der Waals surface area contributed by atoms with Gasteiger partial charge >= 0.3 is 0 Å². The van der Waals surface area contributed by atoms with Gasteiger partial charge in [-0.3, -0.25) is 24.3 Å². The third-order valence-corrected chi connectivity index (χ3v) is 6.18. The van der Waals surface area contributed by atoms with E-state index >= 15 is 0 Å². The highest BCUT2D eigenvalue weighted by Crippen LogP contribution is 2.33. The second kappa shape index (κ2) is 8.11. The quantitative estimate of drug-likeness (QED) is 0.701. The Morgan fingerprint density at radius 1 is 1.06 bits per heavy atom. The number of imide groups is 1. The molecule has 3 amide bonds. The largest absolute Gasteiger partial charge is 0.368 e. The Kier molecular flexibility index (Phi) is 5.15. The van der Waals surface area contributed by atoms with Crippen molar-refractivity contribution in [1.82, 2.24) is 14.8 Å². The van der Waals surface area contributed by atoms with Gasteiger partial charge in [0.15, 0.2) is 0 Å². The molecule has 2 fully saturated rings. The Bertz CT molecular complexity index is 1010. The van der Waals surface area contributed by atoms with E-state index in [0.29, 0.717) is 43.9 Å². The molecule has 0 radical (unpaired) electrons. The van der Waals surface area contributed by atoms with Gasteiger partial charge in [-0.2, -0.15) is 0 Å². The van der Waals surface area contributed by atoms with Crippen molar-refractivity contribution in [2.24, 2.45) is 0 Å². The predicted octanol–water partition coefficient (Wildman–Crippen LogP) is 1.71. The number of carbonyl (C=O) groups is 3. The average Bonchev–Trinajstić information content (AvgIpc) is 3.43. The normalized spacial score (nSPS) is 21.0. The van der Waals surface area contributed by atoms with E-state index in [2.05, 4.69) is 9.88 Å². The van der Waals surface area contributed by atoms with Crippen LogP contribution in [0.3, 0.4) is 0 Å². The lowest BCUT2D eigenvalue weighted by Gasteiger charge is -2.37. The molecular weight excluding hydrogens is 396 g/mol. The molecule has 160 valence electrons. The summed E-state index contributed by atoms with van der Waals surface area (Å²) in [6.07, 6.45) is 4.72. The van der Waals surface area contributed by atoms with Crippen molar-refractivity contribution in [2.45, 2.75) is 25.5 Å². The lowest BCUT2D eigenvalue weighted by atomic mass is 10.1. The lowest BCUT2D eigenvalue weighted by Crippen LogP contribution is -2.51. The summed E-state index contributed by atoms with van der Waals surface area (Å²) in [5.74, 6) is -0.500. The molecule has 1 atom stereocenters. The van der Waals surface area contributed by atoms with E-state index in [1.807, 2.05) is 23.1 Å². The molecule has 3 aliphatic heterocycles. The van der Waals surface area contributed by atoms with E-state index in [1.165, 1.54) is 4.90 Å². The number of nitrogens with zero attached hydrogens (tertiary/aromatic N) is 4. The number of amides is 3. The van der Waals surface area contributed by atoms with Crippen LogP contribution in [-0.2, 0) is 16.1 Å². The fraction of sp³-hybridized carbons (Fsp3) is 0.391. The van der Waals surface area contributed by atoms with Crippen LogP contribution in [0.1, 0.15) is 39.1 Å². The standard InChI is InChI=1S/C23H24N4O4/c28-21-17-5-1-6-18(20(17)23(30)27(21)15-16-4-2-8-24-14-16)25-9-11-26(12-10-25)22(29)19-7-3-13-31-19/h1-2,4-6,8,14,19H,3,7,9-13,15H2/t19-/m0/s1. The first kappa shape index (κ1) is 19.7. The van der Waals surface area contributed by atoms with E-state index < -0.39 is 0 Å². The number of ether oxygens (including phenoxy) is 1. The molecule has 5 rings (SSSR count). The van der Waals surface area contributed by atoms with Gasteiger partial charge in [0.1, 0.15) is 6.10 Å². The van der Waals surface area contributed by atoms with Crippen LogP contribution < -0.4 is 4.90 Å². The minimum Gasteiger partial charge on any atom is -0.368 e. The molecule has 3 aliphatic rings. The first-order chi connectivity index (χ1) is 15.1. The molecule has 0 saturated carbocycles. The first-order valence-electron chi connectivity index (χ1n) is 10.7. The van der Waals surface area contributed by atoms with Crippen molar-refractivity contribution < 1.29 is 19.1 Å². The van der Waals surface area contributed by atoms with Crippen LogP contribution in [0.5, 0.6) is 0 Å². The highest BCUT2D eigenvalue weighted by atomic mass is 16.5. The van der Waals surface area contributed by atoms with Gasteiger partial charge in [0.2, 0.25) is 0 Å². The minimum absolute atomic E-state index is 0.0596. The molecule has 4 heterocycles. The molecule has 1 aromatic carbocycles. The van der Waals surface area contributed by atoms with Crippen molar-refractivity contribution in [3.8, 4) is 0 Å². The number of anilines is 1. The third kappa shape index (κ3) is 3.57. The van der Waals surface area contributed by atoms with Crippen LogP contribution >= 0.6 is 0 Å². The molecule has 1 aromatic heterocycles. The van der Waals surface area contributed by atoms with Gasteiger partial charge in [-0.1, -0.05) is 12.1 Å². The number of piperazine rings is 1. The number of fused-ring (bicyclic) bond motifs is 1. The molecule has 2 aromatic rings. The molecule has 0 spiro atoms. The fourth-order valence-electron chi connectivity index (χ4n) is 4.54. The minimum atomic E-state index is -0.312. The van der Waals surface area contributed by atoms with Gasteiger partial charge in [-0.05, 0) is 36.6 Å². The third-order valence-electron chi connectivity index (χ3n) is 6.18. The van der Waals surface area contributed by atoms with E-state index in [0.717, 1.165) is 24.1 Å². The maximum Gasteiger partial charge on any atom is 0.263 e. The molecule has 0 aliphatic carbocycles. The van der Waals surface area contributed by atoms with Crippen LogP contribution in [0.4, 0.5) is 5.69 Å². The molecule has 8 heteroatoms. The number of benzene rings is 1. The van der Waals surface area contributed by atoms with Gasteiger partial charge in [-0.25, -0.2) is 0 Å². The van der Waals surface area contributed by atoms with Crippen LogP contribution in [0, 0.1) is 0 Å². The van der Waals surface area contributed by atoms with Crippen LogP contribution in [0.15, 0.2) is 42.7 Å². The lowest BCUT2D eigenvalue weighted by molar-refractivity contribution is -0.141. The van der Waals surface area contributed by atoms with Crippen molar-refractivity contribution in [1.29, 1.82) is 0 Å². The Balaban J connectivity index is 1.32. The van der Waals surface area contributed by atoms with Crippen molar-refractivity contribution in [3.05, 3.63) is 59.4 Å². The second-order valence-electron chi connectivity index (χ2n) is 8.07. The number of aromatic nitrogens is 1. The van der Waals surface area contributed by atoms with Gasteiger partial charge in [0, 0.05) is 45.2 Å². The Hall–Kier alpha value is -3.26. The summed E-state index contributed by atoms with van der Waals surface area (Å²) in [7, 11) is 0. The molecule has 8 nitrogen and oxygen atoms in total. The number of hydrogen-bond donors (Lipinski definition) is 0. The summed E-state index contributed by atoms with van der Waals surface area (Å²) >= 11 is 0. The Labute approximate surface area is 180 Å². The molecule has 0 bridgehead atoms. The van der Waals surface area contributed by atoms with E-state index in [4.69, 9.17) is 4.74 Å². The summed E-state index contributed by atoms with van der Waals surface area (Å²) < 4.78 is 5.53. The Morgan fingerprint density at radius 2 is 1.90 bits per heavy atom.